The van der Waals surface area contributed by atoms with Gasteiger partial charge in [0.2, 0.25) is 0 Å². The van der Waals surface area contributed by atoms with Gasteiger partial charge in [0.05, 0.1) is 12.2 Å². The summed E-state index contributed by atoms with van der Waals surface area (Å²) in [6.07, 6.45) is 7.57. The van der Waals surface area contributed by atoms with Crippen molar-refractivity contribution in [1.82, 2.24) is 9.97 Å². The molecule has 1 heterocycles. The van der Waals surface area contributed by atoms with Gasteiger partial charge in [-0.2, -0.15) is 0 Å². The minimum atomic E-state index is 0.535. The topological polar surface area (TPSA) is 54.7 Å². The largest absolute Gasteiger partial charge is 0.345 e. The van der Waals surface area contributed by atoms with Gasteiger partial charge in [0.25, 0.3) is 0 Å². The van der Waals surface area contributed by atoms with E-state index in [0.29, 0.717) is 6.54 Å². The van der Waals surface area contributed by atoms with E-state index in [0.717, 1.165) is 18.7 Å². The zero-order valence-electron chi connectivity index (χ0n) is 7.97. The van der Waals surface area contributed by atoms with Crippen LogP contribution in [-0.2, 0) is 19.4 Å². The second kappa shape index (κ2) is 3.92. The maximum atomic E-state index is 5.55. The monoisotopic (exact) mass is 179 g/mol. The number of nitrogens with one attached hydrogen (secondary N) is 1. The number of nitrogens with zero attached hydrogens (tertiary/aromatic N) is 1. The molecule has 0 radical (unpaired) electrons. The van der Waals surface area contributed by atoms with E-state index in [1.165, 1.54) is 37.1 Å². The summed E-state index contributed by atoms with van der Waals surface area (Å²) < 4.78 is 0. The van der Waals surface area contributed by atoms with Gasteiger partial charge < -0.3 is 10.7 Å². The molecule has 0 bridgehead atoms. The van der Waals surface area contributed by atoms with E-state index in [4.69, 9.17) is 5.73 Å². The Labute approximate surface area is 78.7 Å². The van der Waals surface area contributed by atoms with Gasteiger partial charge in [-0.1, -0.05) is 12.8 Å². The lowest BCUT2D eigenvalue weighted by Crippen LogP contribution is -1.98. The summed E-state index contributed by atoms with van der Waals surface area (Å²) in [7, 11) is 0. The average Bonchev–Trinajstić information content (AvgIpc) is 2.47. The Bertz CT molecular complexity index is 252. The van der Waals surface area contributed by atoms with Crippen LogP contribution < -0.4 is 5.73 Å². The van der Waals surface area contributed by atoms with E-state index in [9.17, 15) is 0 Å². The van der Waals surface area contributed by atoms with E-state index in [2.05, 4.69) is 9.97 Å². The minimum Gasteiger partial charge on any atom is -0.345 e. The van der Waals surface area contributed by atoms with E-state index in [-0.39, 0.29) is 0 Å². The first-order valence-corrected chi connectivity index (χ1v) is 5.17. The second-order valence-corrected chi connectivity index (χ2v) is 3.73. The van der Waals surface area contributed by atoms with Gasteiger partial charge in [0.15, 0.2) is 0 Å². The predicted octanol–water partition coefficient (Wildman–Crippen LogP) is 1.53. The Balaban J connectivity index is 2.21. The number of aromatic nitrogens is 2. The highest BCUT2D eigenvalue weighted by atomic mass is 15.0. The number of imidazole rings is 1. The number of hydrogen-bond donors (Lipinski definition) is 2. The van der Waals surface area contributed by atoms with Crippen LogP contribution in [0.4, 0.5) is 0 Å². The summed E-state index contributed by atoms with van der Waals surface area (Å²) >= 11 is 0. The van der Waals surface area contributed by atoms with Crippen LogP contribution in [0.3, 0.4) is 0 Å². The molecule has 0 aliphatic heterocycles. The lowest BCUT2D eigenvalue weighted by atomic mass is 10.0. The SMILES string of the molecule is NCc1nc2c([nH]1)CCCCCC2. The molecule has 3 heteroatoms. The van der Waals surface area contributed by atoms with Gasteiger partial charge in [0, 0.05) is 5.69 Å². The molecule has 1 aromatic rings. The highest BCUT2D eigenvalue weighted by Crippen LogP contribution is 2.17. The van der Waals surface area contributed by atoms with Crippen LogP contribution in [0.1, 0.15) is 42.9 Å². The molecule has 13 heavy (non-hydrogen) atoms. The third-order valence-corrected chi connectivity index (χ3v) is 2.70. The molecule has 0 aromatic carbocycles. The van der Waals surface area contributed by atoms with Crippen LogP contribution in [0.2, 0.25) is 0 Å². The molecule has 0 spiro atoms. The van der Waals surface area contributed by atoms with Crippen LogP contribution in [0.15, 0.2) is 0 Å². The van der Waals surface area contributed by atoms with Gasteiger partial charge >= 0.3 is 0 Å². The molecule has 0 atom stereocenters. The summed E-state index contributed by atoms with van der Waals surface area (Å²) in [6.45, 7) is 0.535. The molecule has 1 aromatic heterocycles. The fourth-order valence-corrected chi connectivity index (χ4v) is 1.96. The molecule has 1 aliphatic carbocycles. The molecule has 2 rings (SSSR count). The Morgan fingerprint density at radius 2 is 1.92 bits per heavy atom. The summed E-state index contributed by atoms with van der Waals surface area (Å²) in [4.78, 5) is 7.81. The summed E-state index contributed by atoms with van der Waals surface area (Å²) in [5.74, 6) is 0.951. The first-order valence-electron chi connectivity index (χ1n) is 5.17. The van der Waals surface area contributed by atoms with Crippen molar-refractivity contribution in [2.45, 2.75) is 45.1 Å². The van der Waals surface area contributed by atoms with Crippen LogP contribution in [-0.4, -0.2) is 9.97 Å². The van der Waals surface area contributed by atoms with E-state index in [1.807, 2.05) is 0 Å². The van der Waals surface area contributed by atoms with Crippen molar-refractivity contribution in [3.05, 3.63) is 17.2 Å². The third-order valence-electron chi connectivity index (χ3n) is 2.70. The van der Waals surface area contributed by atoms with Gasteiger partial charge in [-0.15, -0.1) is 0 Å². The quantitative estimate of drug-likeness (QED) is 0.687. The van der Waals surface area contributed by atoms with Crippen LogP contribution in [0.25, 0.3) is 0 Å². The summed E-state index contributed by atoms with van der Waals surface area (Å²) in [6, 6.07) is 0. The number of rotatable bonds is 1. The summed E-state index contributed by atoms with van der Waals surface area (Å²) in [5, 5.41) is 0. The van der Waals surface area contributed by atoms with Gasteiger partial charge in [-0.25, -0.2) is 4.98 Å². The molecule has 72 valence electrons. The molecule has 0 fully saturated rings. The number of aromatic amines is 1. The molecule has 0 saturated heterocycles. The van der Waals surface area contributed by atoms with Gasteiger partial charge in [-0.3, -0.25) is 0 Å². The zero-order chi connectivity index (χ0) is 9.10. The Morgan fingerprint density at radius 3 is 2.69 bits per heavy atom. The Kier molecular flexibility index (Phi) is 2.64. The molecule has 0 unspecified atom stereocenters. The lowest BCUT2D eigenvalue weighted by molar-refractivity contribution is 0.608. The van der Waals surface area contributed by atoms with Crippen molar-refractivity contribution in [1.29, 1.82) is 0 Å². The second-order valence-electron chi connectivity index (χ2n) is 3.73. The van der Waals surface area contributed by atoms with Crippen molar-refractivity contribution in [2.75, 3.05) is 0 Å². The predicted molar refractivity (Wildman–Crippen MR) is 52.4 cm³/mol. The average molecular weight is 179 g/mol. The number of nitrogens with two attached hydrogens (primary N) is 1. The highest BCUT2D eigenvalue weighted by molar-refractivity contribution is 5.15. The van der Waals surface area contributed by atoms with Crippen molar-refractivity contribution in [3.8, 4) is 0 Å². The Morgan fingerprint density at radius 1 is 1.15 bits per heavy atom. The summed E-state index contributed by atoms with van der Waals surface area (Å²) in [5.41, 5.74) is 8.14. The smallest absolute Gasteiger partial charge is 0.120 e. The molecule has 3 nitrogen and oxygen atoms in total. The van der Waals surface area contributed by atoms with Crippen molar-refractivity contribution in [3.63, 3.8) is 0 Å². The first kappa shape index (κ1) is 8.75. The van der Waals surface area contributed by atoms with E-state index < -0.39 is 0 Å². The standard InChI is InChI=1S/C10H17N3/c11-7-10-12-8-5-3-1-2-4-6-9(8)13-10/h1-7,11H2,(H,12,13). The number of fused-ring (bicyclic) bond motifs is 1. The van der Waals surface area contributed by atoms with Gasteiger partial charge in [-0.05, 0) is 25.7 Å². The molecule has 1 aliphatic rings. The fourth-order valence-electron chi connectivity index (χ4n) is 1.96. The van der Waals surface area contributed by atoms with Crippen molar-refractivity contribution < 1.29 is 0 Å². The lowest BCUT2D eigenvalue weighted by Gasteiger charge is -2.06. The van der Waals surface area contributed by atoms with E-state index in [1.54, 1.807) is 0 Å². The molecule has 0 amide bonds. The molecular weight excluding hydrogens is 162 g/mol. The molecular formula is C10H17N3. The van der Waals surface area contributed by atoms with Crippen molar-refractivity contribution >= 4 is 0 Å². The number of hydrogen-bond acceptors (Lipinski definition) is 2. The number of aryl methyl sites for hydroxylation is 2. The van der Waals surface area contributed by atoms with Crippen molar-refractivity contribution in [2.24, 2.45) is 5.73 Å². The maximum absolute atomic E-state index is 5.55. The van der Waals surface area contributed by atoms with E-state index >= 15 is 0 Å². The minimum absolute atomic E-state index is 0.535. The molecule has 3 N–H and O–H groups in total. The number of H-pyrrole nitrogens is 1. The zero-order valence-corrected chi connectivity index (χ0v) is 7.97. The highest BCUT2D eigenvalue weighted by Gasteiger charge is 2.10. The first-order chi connectivity index (χ1) is 6.40. The molecule has 0 saturated carbocycles. The Hall–Kier alpha value is -0.830. The van der Waals surface area contributed by atoms with Crippen LogP contribution in [0.5, 0.6) is 0 Å². The van der Waals surface area contributed by atoms with Gasteiger partial charge in [0.1, 0.15) is 5.82 Å². The van der Waals surface area contributed by atoms with Crippen LogP contribution >= 0.6 is 0 Å². The fraction of sp³-hybridized carbons (Fsp3) is 0.700. The van der Waals surface area contributed by atoms with Crippen LogP contribution in [0, 0.1) is 0 Å². The normalized spacial score (nSPS) is 17.6. The third kappa shape index (κ3) is 1.91. The maximum Gasteiger partial charge on any atom is 0.120 e.